The summed E-state index contributed by atoms with van der Waals surface area (Å²) >= 11 is 0. The van der Waals surface area contributed by atoms with Gasteiger partial charge in [0.05, 0.1) is 18.2 Å². The monoisotopic (exact) mass is 341 g/mol. The highest BCUT2D eigenvalue weighted by Crippen LogP contribution is 2.34. The maximum atomic E-state index is 14.5. The number of nitroso groups, excluding NO2 is 1. The number of carbonyl (C=O) groups is 1. The van der Waals surface area contributed by atoms with Crippen molar-refractivity contribution in [3.8, 4) is 11.1 Å². The van der Waals surface area contributed by atoms with Gasteiger partial charge in [-0.25, -0.2) is 13.6 Å². The van der Waals surface area contributed by atoms with Crippen molar-refractivity contribution in [2.75, 3.05) is 7.11 Å². The first-order chi connectivity index (χ1) is 12.0. The van der Waals surface area contributed by atoms with E-state index in [9.17, 15) is 18.5 Å². The summed E-state index contributed by atoms with van der Waals surface area (Å²) in [4.78, 5) is 22.1. The third-order valence-corrected chi connectivity index (χ3v) is 3.92. The predicted molar refractivity (Wildman–Crippen MR) is 90.1 cm³/mol. The summed E-state index contributed by atoms with van der Waals surface area (Å²) in [6, 6.07) is 12.0. The van der Waals surface area contributed by atoms with Gasteiger partial charge in [0, 0.05) is 0 Å². The average Bonchev–Trinajstić information content (AvgIpc) is 2.60. The molecule has 0 fully saturated rings. The second kappa shape index (κ2) is 6.76. The molecule has 6 heteroatoms. The van der Waals surface area contributed by atoms with Gasteiger partial charge in [0.15, 0.2) is 0 Å². The summed E-state index contributed by atoms with van der Waals surface area (Å²) in [5.74, 6) is -2.13. The minimum atomic E-state index is -0.797. The van der Waals surface area contributed by atoms with E-state index >= 15 is 0 Å². The van der Waals surface area contributed by atoms with Crippen LogP contribution in [0.1, 0.15) is 15.9 Å². The third-order valence-electron chi connectivity index (χ3n) is 3.92. The zero-order valence-electron chi connectivity index (χ0n) is 13.3. The van der Waals surface area contributed by atoms with Crippen molar-refractivity contribution in [1.29, 1.82) is 0 Å². The lowest BCUT2D eigenvalue weighted by Gasteiger charge is -2.11. The molecule has 0 amide bonds. The number of hydrogen-bond acceptors (Lipinski definition) is 4. The average molecular weight is 341 g/mol. The third kappa shape index (κ3) is 3.10. The largest absolute Gasteiger partial charge is 0.465 e. The van der Waals surface area contributed by atoms with Gasteiger partial charge >= 0.3 is 5.97 Å². The summed E-state index contributed by atoms with van der Waals surface area (Å²) in [7, 11) is 1.26. The first kappa shape index (κ1) is 16.7. The number of halogens is 2. The van der Waals surface area contributed by atoms with Gasteiger partial charge in [-0.1, -0.05) is 29.4 Å². The van der Waals surface area contributed by atoms with Crippen LogP contribution >= 0.6 is 0 Å². The fraction of sp³-hybridized carbons (Fsp3) is 0.105. The normalized spacial score (nSPS) is 10.7. The molecule has 4 nitrogen and oxygen atoms in total. The topological polar surface area (TPSA) is 55.7 Å². The van der Waals surface area contributed by atoms with Crippen molar-refractivity contribution in [3.63, 3.8) is 0 Å². The molecule has 25 heavy (non-hydrogen) atoms. The number of rotatable bonds is 4. The van der Waals surface area contributed by atoms with E-state index in [2.05, 4.69) is 5.18 Å². The van der Waals surface area contributed by atoms with Crippen LogP contribution in [-0.2, 0) is 11.3 Å². The summed E-state index contributed by atoms with van der Waals surface area (Å²) in [6.07, 6.45) is 0. The molecule has 0 unspecified atom stereocenters. The Morgan fingerprint density at radius 1 is 1.08 bits per heavy atom. The van der Waals surface area contributed by atoms with Crippen LogP contribution < -0.4 is 0 Å². The molecule has 3 aromatic rings. The lowest BCUT2D eigenvalue weighted by Crippen LogP contribution is -2.01. The van der Waals surface area contributed by atoms with Gasteiger partial charge < -0.3 is 4.74 Å². The number of methoxy groups -OCH3 is 1. The van der Waals surface area contributed by atoms with E-state index in [1.165, 1.54) is 13.2 Å². The van der Waals surface area contributed by atoms with E-state index in [4.69, 9.17) is 4.74 Å². The van der Waals surface area contributed by atoms with Crippen molar-refractivity contribution in [2.45, 2.75) is 6.54 Å². The van der Waals surface area contributed by atoms with Crippen LogP contribution in [0.4, 0.5) is 8.78 Å². The molecular weight excluding hydrogens is 328 g/mol. The van der Waals surface area contributed by atoms with Gasteiger partial charge in [-0.3, -0.25) is 0 Å². The Labute approximate surface area is 142 Å². The second-order valence-corrected chi connectivity index (χ2v) is 5.45. The van der Waals surface area contributed by atoms with Crippen LogP contribution in [0.15, 0.2) is 53.7 Å². The van der Waals surface area contributed by atoms with Crippen LogP contribution in [0.3, 0.4) is 0 Å². The van der Waals surface area contributed by atoms with Crippen molar-refractivity contribution in [3.05, 3.63) is 76.2 Å². The fourth-order valence-electron chi connectivity index (χ4n) is 2.78. The Kier molecular flexibility index (Phi) is 4.52. The Bertz CT molecular complexity index is 963. The molecule has 126 valence electrons. The molecule has 3 rings (SSSR count). The van der Waals surface area contributed by atoms with Crippen molar-refractivity contribution < 1.29 is 18.3 Å². The summed E-state index contributed by atoms with van der Waals surface area (Å²) in [5.41, 5.74) is 0.528. The van der Waals surface area contributed by atoms with Crippen LogP contribution in [0.2, 0.25) is 0 Å². The molecule has 0 bridgehead atoms. The molecule has 0 aliphatic heterocycles. The fourth-order valence-corrected chi connectivity index (χ4v) is 2.78. The summed E-state index contributed by atoms with van der Waals surface area (Å²) < 4.78 is 33.7. The Morgan fingerprint density at radius 3 is 2.44 bits per heavy atom. The number of esters is 1. The molecule has 0 saturated carbocycles. The molecule has 0 spiro atoms. The zero-order chi connectivity index (χ0) is 18.0. The molecule has 0 saturated heterocycles. The van der Waals surface area contributed by atoms with Gasteiger partial charge in [-0.05, 0) is 46.2 Å². The van der Waals surface area contributed by atoms with Crippen molar-refractivity contribution in [2.24, 2.45) is 5.18 Å². The maximum absolute atomic E-state index is 14.5. The number of carbonyl (C=O) groups excluding carboxylic acids is 1. The van der Waals surface area contributed by atoms with Gasteiger partial charge in [0.1, 0.15) is 18.2 Å². The first-order valence-corrected chi connectivity index (χ1v) is 7.43. The maximum Gasteiger partial charge on any atom is 0.337 e. The molecule has 3 aromatic carbocycles. The SMILES string of the molecule is COC(=O)c1ccc2cccc(-c3c(F)cc(CN=O)cc3F)c2c1. The molecule has 0 radical (unpaired) electrons. The number of ether oxygens (including phenoxy) is 1. The minimum Gasteiger partial charge on any atom is -0.465 e. The molecule has 0 atom stereocenters. The van der Waals surface area contributed by atoms with Crippen LogP contribution in [0.5, 0.6) is 0 Å². The highest BCUT2D eigenvalue weighted by molar-refractivity contribution is 6.01. The molecular formula is C19H13F2NO3. The van der Waals surface area contributed by atoms with Crippen molar-refractivity contribution in [1.82, 2.24) is 0 Å². The minimum absolute atomic E-state index is 0.157. The van der Waals surface area contributed by atoms with Crippen molar-refractivity contribution >= 4 is 16.7 Å². The summed E-state index contributed by atoms with van der Waals surface area (Å²) in [6.45, 7) is -0.309. The molecule has 0 aliphatic rings. The summed E-state index contributed by atoms with van der Waals surface area (Å²) in [5, 5.41) is 3.89. The van der Waals surface area contributed by atoms with E-state index in [0.29, 0.717) is 10.9 Å². The predicted octanol–water partition coefficient (Wildman–Crippen LogP) is 4.84. The lowest BCUT2D eigenvalue weighted by molar-refractivity contribution is 0.0601. The second-order valence-electron chi connectivity index (χ2n) is 5.45. The Balaban J connectivity index is 2.25. The molecule has 0 N–H and O–H groups in total. The highest BCUT2D eigenvalue weighted by atomic mass is 19.1. The van der Waals surface area contributed by atoms with Crippen LogP contribution in [0, 0.1) is 16.5 Å². The highest BCUT2D eigenvalue weighted by Gasteiger charge is 2.17. The number of hydrogen-bond donors (Lipinski definition) is 0. The van der Waals surface area contributed by atoms with E-state index in [1.807, 2.05) is 0 Å². The molecule has 0 aromatic heterocycles. The van der Waals surface area contributed by atoms with E-state index in [-0.39, 0.29) is 23.2 Å². The van der Waals surface area contributed by atoms with Gasteiger partial charge in [0.2, 0.25) is 0 Å². The standard InChI is InChI=1S/C19H13F2NO3/c1-25-19(23)13-6-5-12-3-2-4-14(15(12)9-13)18-16(20)7-11(10-22-24)8-17(18)21/h2-9H,10H2,1H3. The van der Waals surface area contributed by atoms with Gasteiger partial charge in [-0.15, -0.1) is 0 Å². The number of benzene rings is 3. The van der Waals surface area contributed by atoms with E-state index < -0.39 is 17.6 Å². The van der Waals surface area contributed by atoms with Gasteiger partial charge in [-0.2, -0.15) is 4.91 Å². The zero-order valence-corrected chi connectivity index (χ0v) is 13.3. The quantitative estimate of drug-likeness (QED) is 0.504. The Morgan fingerprint density at radius 2 is 1.80 bits per heavy atom. The lowest BCUT2D eigenvalue weighted by atomic mass is 9.95. The van der Waals surface area contributed by atoms with E-state index in [1.54, 1.807) is 30.3 Å². The van der Waals surface area contributed by atoms with Crippen LogP contribution in [0.25, 0.3) is 21.9 Å². The molecule has 0 heterocycles. The smallest absolute Gasteiger partial charge is 0.337 e. The first-order valence-electron chi connectivity index (χ1n) is 7.43. The van der Waals surface area contributed by atoms with Crippen LogP contribution in [-0.4, -0.2) is 13.1 Å². The Hall–Kier alpha value is -3.15. The number of fused-ring (bicyclic) bond motifs is 1. The van der Waals surface area contributed by atoms with E-state index in [0.717, 1.165) is 17.5 Å². The van der Waals surface area contributed by atoms with Gasteiger partial charge in [0.25, 0.3) is 0 Å². The molecule has 0 aliphatic carbocycles. The number of nitrogens with zero attached hydrogens (tertiary/aromatic N) is 1.